The van der Waals surface area contributed by atoms with E-state index in [2.05, 4.69) is 16.9 Å². The van der Waals surface area contributed by atoms with Gasteiger partial charge in [-0.05, 0) is 36.8 Å². The molecule has 116 valence electrons. The fourth-order valence-electron chi connectivity index (χ4n) is 1.63. The van der Waals surface area contributed by atoms with Gasteiger partial charge < -0.3 is 5.32 Å². The molecule has 0 spiro atoms. The van der Waals surface area contributed by atoms with Crippen molar-refractivity contribution in [3.8, 4) is 0 Å². The molecule has 1 heterocycles. The molecule has 1 aliphatic heterocycles. The second kappa shape index (κ2) is 8.89. The number of amides is 1. The van der Waals surface area contributed by atoms with Gasteiger partial charge >= 0.3 is 0 Å². The summed E-state index contributed by atoms with van der Waals surface area (Å²) in [6.07, 6.45) is 6.53. The van der Waals surface area contributed by atoms with E-state index in [-0.39, 0.29) is 5.91 Å². The molecule has 0 fully saturated rings. The van der Waals surface area contributed by atoms with E-state index in [1.165, 1.54) is 6.20 Å². The fourth-order valence-corrected chi connectivity index (χ4v) is 2.66. The molecular weight excluding hydrogens is 296 g/mol. The Bertz CT molecular complexity index is 673. The average molecular weight is 316 g/mol. The highest BCUT2D eigenvalue weighted by Crippen LogP contribution is 2.26. The van der Waals surface area contributed by atoms with E-state index in [9.17, 15) is 9.00 Å². The van der Waals surface area contributed by atoms with Crippen LogP contribution in [0.5, 0.6) is 0 Å². The number of hydrogen-bond donors (Lipinski definition) is 1. The van der Waals surface area contributed by atoms with Crippen molar-refractivity contribution in [2.45, 2.75) is 25.7 Å². The first-order valence-electron chi connectivity index (χ1n) is 6.98. The van der Waals surface area contributed by atoms with Crippen LogP contribution >= 0.6 is 0 Å². The number of carbonyl (C=O) groups is 1. The summed E-state index contributed by atoms with van der Waals surface area (Å²) in [5.41, 5.74) is 1.86. The van der Waals surface area contributed by atoms with Crippen LogP contribution in [-0.2, 0) is 15.6 Å². The topological polar surface area (TPSA) is 58.5 Å². The zero-order valence-corrected chi connectivity index (χ0v) is 13.8. The summed E-state index contributed by atoms with van der Waals surface area (Å²) in [5, 5.41) is 4.36. The average Bonchev–Trinajstić information content (AvgIpc) is 2.90. The van der Waals surface area contributed by atoms with Crippen molar-refractivity contribution in [3.63, 3.8) is 0 Å². The van der Waals surface area contributed by atoms with Crippen molar-refractivity contribution in [2.24, 2.45) is 4.99 Å². The molecule has 0 bridgehead atoms. The van der Waals surface area contributed by atoms with E-state index in [0.717, 1.165) is 5.56 Å². The minimum Gasteiger partial charge on any atom is -0.321 e. The minimum absolute atomic E-state index is 0.296. The van der Waals surface area contributed by atoms with Crippen molar-refractivity contribution in [1.82, 2.24) is 0 Å². The van der Waals surface area contributed by atoms with Gasteiger partial charge in [-0.1, -0.05) is 32.6 Å². The maximum Gasteiger partial charge on any atom is 0.269 e. The Balaban J connectivity index is 0.00000116. The molecule has 0 aliphatic carbocycles. The van der Waals surface area contributed by atoms with Crippen molar-refractivity contribution >= 4 is 34.2 Å². The summed E-state index contributed by atoms with van der Waals surface area (Å²) in [5.74, 6) is -0.296. The number of rotatable bonds is 4. The molecule has 5 heteroatoms. The molecule has 0 saturated carbocycles. The third-order valence-corrected chi connectivity index (χ3v) is 3.85. The van der Waals surface area contributed by atoms with Gasteiger partial charge in [0.15, 0.2) is 0 Å². The molecule has 1 aromatic carbocycles. The highest BCUT2D eigenvalue weighted by molar-refractivity contribution is 7.88. The smallest absolute Gasteiger partial charge is 0.269 e. The van der Waals surface area contributed by atoms with E-state index in [0.29, 0.717) is 16.3 Å². The Morgan fingerprint density at radius 3 is 2.77 bits per heavy atom. The van der Waals surface area contributed by atoms with Crippen molar-refractivity contribution < 1.29 is 9.00 Å². The number of nitrogens with one attached hydrogen (secondary N) is 1. The monoisotopic (exact) mass is 316 g/mol. The van der Waals surface area contributed by atoms with Gasteiger partial charge in [-0.2, -0.15) is 0 Å². The van der Waals surface area contributed by atoms with Crippen LogP contribution in [0.3, 0.4) is 0 Å². The summed E-state index contributed by atoms with van der Waals surface area (Å²) in [6.45, 7) is 9.14. The maximum absolute atomic E-state index is 11.9. The van der Waals surface area contributed by atoms with E-state index in [1.807, 2.05) is 26.0 Å². The number of nitrogens with zero attached hydrogens (tertiary/aromatic N) is 1. The Morgan fingerprint density at radius 2 is 2.09 bits per heavy atom. The quantitative estimate of drug-likeness (QED) is 0.676. The summed E-state index contributed by atoms with van der Waals surface area (Å²) in [4.78, 5) is 16.6. The highest BCUT2D eigenvalue weighted by atomic mass is 32.2. The van der Waals surface area contributed by atoms with E-state index in [1.54, 1.807) is 36.6 Å². The third-order valence-electron chi connectivity index (χ3n) is 2.68. The molecule has 1 atom stereocenters. The molecule has 0 aromatic heterocycles. The zero-order chi connectivity index (χ0) is 16.5. The first-order chi connectivity index (χ1) is 10.6. The van der Waals surface area contributed by atoms with Crippen LogP contribution in [0, 0.1) is 0 Å². The van der Waals surface area contributed by atoms with Gasteiger partial charge in [0.1, 0.15) is 5.71 Å². The van der Waals surface area contributed by atoms with Crippen LogP contribution in [0.2, 0.25) is 0 Å². The second-order valence-corrected chi connectivity index (χ2v) is 5.41. The van der Waals surface area contributed by atoms with Crippen LogP contribution in [0.4, 0.5) is 5.69 Å². The first-order valence-corrected chi connectivity index (χ1v) is 8.19. The maximum atomic E-state index is 11.9. The predicted octanol–water partition coefficient (Wildman–Crippen LogP) is 3.90. The number of allylic oxidation sites excluding steroid dienone is 2. The summed E-state index contributed by atoms with van der Waals surface area (Å²) >= 11 is 0. The zero-order valence-electron chi connectivity index (χ0n) is 13.0. The molecule has 1 N–H and O–H groups in total. The van der Waals surface area contributed by atoms with E-state index in [4.69, 9.17) is 0 Å². The molecule has 22 heavy (non-hydrogen) atoms. The molecule has 0 radical (unpaired) electrons. The van der Waals surface area contributed by atoms with Crippen molar-refractivity contribution in [1.29, 1.82) is 0 Å². The van der Waals surface area contributed by atoms with Gasteiger partial charge in [0.05, 0.1) is 15.7 Å². The normalized spacial score (nSPS) is 16.0. The molecule has 1 aliphatic rings. The predicted molar refractivity (Wildman–Crippen MR) is 94.3 cm³/mol. The lowest BCUT2D eigenvalue weighted by Crippen LogP contribution is -2.20. The highest BCUT2D eigenvalue weighted by Gasteiger charge is 2.14. The Kier molecular flexibility index (Phi) is 7.19. The Morgan fingerprint density at radius 1 is 1.36 bits per heavy atom. The number of carbonyl (C=O) groups excluding carboxylic acids is 1. The van der Waals surface area contributed by atoms with E-state index >= 15 is 0 Å². The molecular formula is C17H20N2O2S. The standard InChI is InChI=1S/C15H14N2O2S.C2H6/c1-3-4-8-16-11(2)15(18)17-13-6-5-12-7-9-20(19)14(12)10-13;1-2/h3-10H,1H2,2H3,(H,17,18);1-2H3/b8-4-,16-11?;. The second-order valence-electron chi connectivity index (χ2n) is 4.10. The molecule has 1 unspecified atom stereocenters. The first kappa shape index (κ1) is 17.8. The Hall–Kier alpha value is -2.27. The summed E-state index contributed by atoms with van der Waals surface area (Å²) in [6, 6.07) is 5.32. The number of aliphatic imine (C=N–C) groups is 1. The molecule has 0 saturated heterocycles. The lowest BCUT2D eigenvalue weighted by molar-refractivity contribution is -0.110. The van der Waals surface area contributed by atoms with Crippen LogP contribution in [0.25, 0.3) is 6.08 Å². The SMILES string of the molecule is C=C/C=C\N=C(C)C(=O)Nc1ccc2c(c1)S(=O)C=C2.CC. The van der Waals surface area contributed by atoms with Gasteiger partial charge in [0, 0.05) is 17.3 Å². The third kappa shape index (κ3) is 4.63. The molecule has 1 amide bonds. The fraction of sp³-hybridized carbons (Fsp3) is 0.176. The number of anilines is 1. The van der Waals surface area contributed by atoms with Gasteiger partial charge in [0.2, 0.25) is 0 Å². The number of benzene rings is 1. The summed E-state index contributed by atoms with van der Waals surface area (Å²) in [7, 11) is -1.12. The van der Waals surface area contributed by atoms with Crippen LogP contribution < -0.4 is 5.32 Å². The Labute approximate surface area is 133 Å². The van der Waals surface area contributed by atoms with Gasteiger partial charge in [0.25, 0.3) is 5.91 Å². The number of hydrogen-bond acceptors (Lipinski definition) is 3. The van der Waals surface area contributed by atoms with Crippen LogP contribution in [0.15, 0.2) is 58.4 Å². The minimum atomic E-state index is -1.12. The van der Waals surface area contributed by atoms with Gasteiger partial charge in [-0.25, -0.2) is 4.21 Å². The molecule has 4 nitrogen and oxygen atoms in total. The number of fused-ring (bicyclic) bond motifs is 1. The molecule has 2 rings (SSSR count). The van der Waals surface area contributed by atoms with Crippen molar-refractivity contribution in [2.75, 3.05) is 5.32 Å². The largest absolute Gasteiger partial charge is 0.321 e. The van der Waals surface area contributed by atoms with Crippen LogP contribution in [0.1, 0.15) is 26.3 Å². The van der Waals surface area contributed by atoms with E-state index < -0.39 is 10.8 Å². The van der Waals surface area contributed by atoms with Gasteiger partial charge in [-0.3, -0.25) is 9.79 Å². The van der Waals surface area contributed by atoms with Crippen LogP contribution in [-0.4, -0.2) is 15.8 Å². The lowest BCUT2D eigenvalue weighted by atomic mass is 10.2. The lowest BCUT2D eigenvalue weighted by Gasteiger charge is -2.06. The van der Waals surface area contributed by atoms with Gasteiger partial charge in [-0.15, -0.1) is 0 Å². The van der Waals surface area contributed by atoms with Crippen molar-refractivity contribution in [3.05, 3.63) is 54.1 Å². The molecule has 1 aromatic rings. The summed E-state index contributed by atoms with van der Waals surface area (Å²) < 4.78 is 11.7.